The Hall–Kier alpha value is -2.15. The molecule has 3 N–H and O–H groups in total. The van der Waals surface area contributed by atoms with E-state index in [9.17, 15) is 14.4 Å². The molecule has 6 nitrogen and oxygen atoms in total. The molecule has 0 aliphatic carbocycles. The number of hydrogen-bond donors (Lipinski definition) is 2. The van der Waals surface area contributed by atoms with Gasteiger partial charge in [-0.25, -0.2) is 0 Å². The smallest absolute Gasteiger partial charge is 0.323 e. The second kappa shape index (κ2) is 6.69. The third kappa shape index (κ3) is 4.92. The number of nitrogens with two attached hydrogens (primary N) is 1. The summed E-state index contributed by atoms with van der Waals surface area (Å²) in [6, 6.07) is 1.91. The highest BCUT2D eigenvalue weighted by Gasteiger charge is 2.16. The van der Waals surface area contributed by atoms with Crippen LogP contribution in [0.5, 0.6) is 0 Å². The van der Waals surface area contributed by atoms with Crippen LogP contribution in [-0.2, 0) is 14.4 Å². The van der Waals surface area contributed by atoms with E-state index in [4.69, 9.17) is 10.8 Å². The molecule has 0 radical (unpaired) electrons. The van der Waals surface area contributed by atoms with E-state index in [0.717, 1.165) is 15.3 Å². The van der Waals surface area contributed by atoms with Gasteiger partial charge in [0.25, 0.3) is 0 Å². The first kappa shape index (κ1) is 14.9. The molecule has 0 saturated carbocycles. The molecular weight excluding hydrogens is 268 g/mol. The van der Waals surface area contributed by atoms with Crippen LogP contribution in [0.3, 0.4) is 0 Å². The van der Waals surface area contributed by atoms with Crippen LogP contribution in [-0.4, -0.2) is 40.9 Å². The quantitative estimate of drug-likeness (QED) is 0.740. The normalized spacial score (nSPS) is 10.6. The van der Waals surface area contributed by atoms with E-state index in [1.807, 2.05) is 18.4 Å². The van der Waals surface area contributed by atoms with Gasteiger partial charge in [-0.05, 0) is 30.0 Å². The Morgan fingerprint density at radius 3 is 2.58 bits per heavy atom. The van der Waals surface area contributed by atoms with Crippen LogP contribution in [0.4, 0.5) is 0 Å². The summed E-state index contributed by atoms with van der Waals surface area (Å²) in [6.07, 6.45) is 2.84. The van der Waals surface area contributed by atoms with Gasteiger partial charge in [0.15, 0.2) is 0 Å². The van der Waals surface area contributed by atoms with Crippen molar-refractivity contribution in [2.24, 2.45) is 5.73 Å². The third-order valence-corrected chi connectivity index (χ3v) is 3.25. The minimum atomic E-state index is -1.20. The van der Waals surface area contributed by atoms with Crippen LogP contribution in [0.15, 0.2) is 17.5 Å². The Morgan fingerprint density at radius 1 is 1.42 bits per heavy atom. The number of hydrogen-bond acceptors (Lipinski definition) is 4. The number of primary amides is 1. The van der Waals surface area contributed by atoms with Gasteiger partial charge in [-0.3, -0.25) is 14.4 Å². The summed E-state index contributed by atoms with van der Waals surface area (Å²) in [5.41, 5.74) is 6.00. The van der Waals surface area contributed by atoms with Crippen LogP contribution in [0.25, 0.3) is 6.08 Å². The summed E-state index contributed by atoms with van der Waals surface area (Å²) in [4.78, 5) is 35.0. The summed E-state index contributed by atoms with van der Waals surface area (Å²) in [6.45, 7) is 0.924. The maximum Gasteiger partial charge on any atom is 0.323 e. The highest BCUT2D eigenvalue weighted by Crippen LogP contribution is 2.17. The number of carbonyl (C=O) groups is 3. The van der Waals surface area contributed by atoms with E-state index in [-0.39, 0.29) is 0 Å². The Morgan fingerprint density at radius 2 is 2.11 bits per heavy atom. The molecule has 0 atom stereocenters. The van der Waals surface area contributed by atoms with Crippen molar-refractivity contribution in [3.05, 3.63) is 28.0 Å². The Bertz CT molecular complexity index is 506. The van der Waals surface area contributed by atoms with Crippen molar-refractivity contribution in [3.63, 3.8) is 0 Å². The number of nitrogens with zero attached hydrogens (tertiary/aromatic N) is 1. The van der Waals surface area contributed by atoms with Gasteiger partial charge in [0.05, 0.1) is 0 Å². The van der Waals surface area contributed by atoms with Gasteiger partial charge in [-0.1, -0.05) is 0 Å². The fraction of sp³-hybridized carbons (Fsp3) is 0.250. The van der Waals surface area contributed by atoms with E-state index in [2.05, 4.69) is 0 Å². The van der Waals surface area contributed by atoms with Gasteiger partial charge in [-0.15, -0.1) is 11.3 Å². The predicted octanol–water partition coefficient (Wildman–Crippen LogP) is 0.468. The Labute approximate surface area is 114 Å². The Kier molecular flexibility index (Phi) is 5.25. The molecule has 2 amide bonds. The fourth-order valence-electron chi connectivity index (χ4n) is 1.37. The lowest BCUT2D eigenvalue weighted by Gasteiger charge is -2.16. The maximum atomic E-state index is 11.8. The number of aliphatic carboxylic acids is 1. The van der Waals surface area contributed by atoms with Crippen molar-refractivity contribution in [2.75, 3.05) is 13.1 Å². The van der Waals surface area contributed by atoms with E-state index in [1.165, 1.54) is 17.4 Å². The zero-order valence-corrected chi connectivity index (χ0v) is 11.1. The summed E-state index contributed by atoms with van der Waals surface area (Å²) >= 11 is 1.47. The molecule has 1 rings (SSSR count). The molecule has 1 heterocycles. The van der Waals surface area contributed by atoms with Gasteiger partial charge in [0.2, 0.25) is 11.8 Å². The lowest BCUT2D eigenvalue weighted by Crippen LogP contribution is -2.40. The van der Waals surface area contributed by atoms with Crippen LogP contribution in [0, 0.1) is 6.92 Å². The van der Waals surface area contributed by atoms with Gasteiger partial charge in [0.1, 0.15) is 13.1 Å². The lowest BCUT2D eigenvalue weighted by molar-refractivity contribution is -0.143. The number of amides is 2. The average Bonchev–Trinajstić information content (AvgIpc) is 2.69. The minimum absolute atomic E-state index is 0.418. The van der Waals surface area contributed by atoms with Crippen molar-refractivity contribution in [1.29, 1.82) is 0 Å². The largest absolute Gasteiger partial charge is 0.480 e. The Balaban J connectivity index is 2.76. The van der Waals surface area contributed by atoms with Gasteiger partial charge in [-0.2, -0.15) is 0 Å². The van der Waals surface area contributed by atoms with Crippen molar-refractivity contribution >= 4 is 35.2 Å². The number of thiophene rings is 1. The van der Waals surface area contributed by atoms with E-state index >= 15 is 0 Å². The van der Waals surface area contributed by atoms with Crippen molar-refractivity contribution < 1.29 is 19.5 Å². The molecular formula is C12H14N2O4S. The molecule has 0 bridgehead atoms. The van der Waals surface area contributed by atoms with E-state index in [0.29, 0.717) is 0 Å². The molecule has 0 aliphatic rings. The monoisotopic (exact) mass is 282 g/mol. The number of aryl methyl sites for hydroxylation is 1. The summed E-state index contributed by atoms with van der Waals surface area (Å²) < 4.78 is 0. The zero-order valence-electron chi connectivity index (χ0n) is 10.3. The molecule has 1 aromatic rings. The van der Waals surface area contributed by atoms with Crippen molar-refractivity contribution in [1.82, 2.24) is 4.90 Å². The summed E-state index contributed by atoms with van der Waals surface area (Å²) in [7, 11) is 0. The average molecular weight is 282 g/mol. The number of carboxylic acids is 1. The highest BCUT2D eigenvalue weighted by atomic mass is 32.1. The maximum absolute atomic E-state index is 11.8. The molecule has 7 heteroatoms. The molecule has 19 heavy (non-hydrogen) atoms. The van der Waals surface area contributed by atoms with Gasteiger partial charge >= 0.3 is 5.97 Å². The van der Waals surface area contributed by atoms with Crippen molar-refractivity contribution in [2.45, 2.75) is 6.92 Å². The second-order valence-electron chi connectivity index (χ2n) is 3.86. The van der Waals surface area contributed by atoms with Gasteiger partial charge in [0, 0.05) is 11.0 Å². The van der Waals surface area contributed by atoms with Crippen LogP contribution < -0.4 is 5.73 Å². The molecule has 0 aromatic carbocycles. The number of carboxylic acid groups (broad SMARTS) is 1. The molecule has 102 valence electrons. The topological polar surface area (TPSA) is 101 Å². The summed E-state index contributed by atoms with van der Waals surface area (Å²) in [5.74, 6) is -2.51. The van der Waals surface area contributed by atoms with Gasteiger partial charge < -0.3 is 15.7 Å². The molecule has 0 fully saturated rings. The number of carbonyl (C=O) groups excluding carboxylic acids is 2. The molecule has 1 aromatic heterocycles. The standard InChI is InChI=1S/C12H14N2O4S/c1-8-4-5-19-9(8)2-3-11(16)14(6-10(13)15)7-12(17)18/h2-5H,6-7H2,1H3,(H2,13,15)(H,17,18)/b3-2+. The highest BCUT2D eigenvalue weighted by molar-refractivity contribution is 7.11. The molecule has 0 saturated heterocycles. The fourth-order valence-corrected chi connectivity index (χ4v) is 2.19. The number of rotatable bonds is 6. The first-order valence-corrected chi connectivity index (χ1v) is 6.29. The third-order valence-electron chi connectivity index (χ3n) is 2.26. The SMILES string of the molecule is Cc1ccsc1/C=C/C(=O)N(CC(N)=O)CC(=O)O. The first-order valence-electron chi connectivity index (χ1n) is 5.41. The lowest BCUT2D eigenvalue weighted by atomic mass is 10.2. The predicted molar refractivity (Wildman–Crippen MR) is 71.5 cm³/mol. The van der Waals surface area contributed by atoms with Crippen LogP contribution in [0.2, 0.25) is 0 Å². The molecule has 0 spiro atoms. The van der Waals surface area contributed by atoms with E-state index < -0.39 is 30.9 Å². The summed E-state index contributed by atoms with van der Waals surface area (Å²) in [5, 5.41) is 10.6. The molecule has 0 aliphatic heterocycles. The van der Waals surface area contributed by atoms with E-state index in [1.54, 1.807) is 6.08 Å². The zero-order chi connectivity index (χ0) is 14.4. The van der Waals surface area contributed by atoms with Crippen LogP contribution in [0.1, 0.15) is 10.4 Å². The van der Waals surface area contributed by atoms with Crippen LogP contribution >= 0.6 is 11.3 Å². The first-order chi connectivity index (χ1) is 8.90. The second-order valence-corrected chi connectivity index (χ2v) is 4.80. The minimum Gasteiger partial charge on any atom is -0.480 e. The molecule has 0 unspecified atom stereocenters. The van der Waals surface area contributed by atoms with Crippen molar-refractivity contribution in [3.8, 4) is 0 Å².